The second-order valence-electron chi connectivity index (χ2n) is 7.65. The number of aryl methyl sites for hydroxylation is 1. The van der Waals surface area contributed by atoms with E-state index in [1.54, 1.807) is 24.5 Å². The van der Waals surface area contributed by atoms with Crippen molar-refractivity contribution in [1.29, 1.82) is 0 Å². The SMILES string of the molecule is CCOc1cc2nc(C)nc(NCc3ccc(-c4cccc(NS(C)(=O)=O)c4)s3)c2cc1OC. The molecule has 0 bridgehead atoms. The molecule has 0 unspecified atom stereocenters. The van der Waals surface area contributed by atoms with Gasteiger partial charge in [0, 0.05) is 26.9 Å². The normalized spacial score (nSPS) is 11.4. The molecule has 0 fully saturated rings. The molecule has 2 aromatic heterocycles. The number of methoxy groups -OCH3 is 1. The zero-order chi connectivity index (χ0) is 24.3. The van der Waals surface area contributed by atoms with Crippen LogP contribution >= 0.6 is 11.3 Å². The maximum Gasteiger partial charge on any atom is 0.229 e. The molecule has 0 spiro atoms. The number of nitrogens with zero attached hydrogens (tertiary/aromatic N) is 2. The summed E-state index contributed by atoms with van der Waals surface area (Å²) >= 11 is 1.63. The van der Waals surface area contributed by atoms with Gasteiger partial charge in [0.25, 0.3) is 0 Å². The lowest BCUT2D eigenvalue weighted by Crippen LogP contribution is -2.09. The molecule has 0 amide bonds. The van der Waals surface area contributed by atoms with Crippen molar-refractivity contribution >= 4 is 43.8 Å². The lowest BCUT2D eigenvalue weighted by atomic mass is 10.2. The number of nitrogens with one attached hydrogen (secondary N) is 2. The molecule has 0 atom stereocenters. The molecule has 4 aromatic rings. The molecule has 0 radical (unpaired) electrons. The summed E-state index contributed by atoms with van der Waals surface area (Å²) in [5, 5.41) is 4.28. The molecule has 0 aliphatic rings. The van der Waals surface area contributed by atoms with Crippen molar-refractivity contribution in [3.05, 3.63) is 59.2 Å². The van der Waals surface area contributed by atoms with Crippen LogP contribution in [-0.4, -0.2) is 38.4 Å². The topological polar surface area (TPSA) is 102 Å². The summed E-state index contributed by atoms with van der Waals surface area (Å²) in [7, 11) is -1.72. The third kappa shape index (κ3) is 5.57. The van der Waals surface area contributed by atoms with Crippen LogP contribution in [-0.2, 0) is 16.6 Å². The van der Waals surface area contributed by atoms with Gasteiger partial charge >= 0.3 is 0 Å². The Balaban J connectivity index is 1.57. The van der Waals surface area contributed by atoms with E-state index in [2.05, 4.69) is 20.0 Å². The molecule has 34 heavy (non-hydrogen) atoms. The zero-order valence-corrected chi connectivity index (χ0v) is 21.0. The molecule has 10 heteroatoms. The van der Waals surface area contributed by atoms with Crippen molar-refractivity contribution in [2.45, 2.75) is 20.4 Å². The van der Waals surface area contributed by atoms with Crippen LogP contribution in [0, 0.1) is 6.92 Å². The first-order valence-corrected chi connectivity index (χ1v) is 13.4. The number of benzene rings is 2. The van der Waals surface area contributed by atoms with E-state index < -0.39 is 10.0 Å². The molecule has 178 valence electrons. The first-order valence-electron chi connectivity index (χ1n) is 10.7. The Morgan fingerprint density at radius 3 is 2.62 bits per heavy atom. The van der Waals surface area contributed by atoms with Crippen LogP contribution in [0.15, 0.2) is 48.5 Å². The van der Waals surface area contributed by atoms with E-state index in [0.717, 1.165) is 38.3 Å². The molecule has 4 rings (SSSR count). The maximum absolute atomic E-state index is 11.5. The van der Waals surface area contributed by atoms with Gasteiger partial charge in [-0.3, -0.25) is 4.72 Å². The third-order valence-electron chi connectivity index (χ3n) is 4.93. The minimum Gasteiger partial charge on any atom is -0.493 e. The fourth-order valence-corrected chi connectivity index (χ4v) is 5.06. The number of anilines is 2. The quantitative estimate of drug-likeness (QED) is 0.333. The van der Waals surface area contributed by atoms with Crippen LogP contribution in [0.4, 0.5) is 11.5 Å². The number of hydrogen-bond acceptors (Lipinski definition) is 8. The summed E-state index contributed by atoms with van der Waals surface area (Å²) < 4.78 is 36.8. The lowest BCUT2D eigenvalue weighted by Gasteiger charge is -2.13. The van der Waals surface area contributed by atoms with Crippen LogP contribution in [0.3, 0.4) is 0 Å². The monoisotopic (exact) mass is 498 g/mol. The summed E-state index contributed by atoms with van der Waals surface area (Å²) in [6.07, 6.45) is 1.14. The fraction of sp³-hybridized carbons (Fsp3) is 0.250. The summed E-state index contributed by atoms with van der Waals surface area (Å²) in [5.74, 6) is 2.66. The smallest absolute Gasteiger partial charge is 0.229 e. The van der Waals surface area contributed by atoms with Gasteiger partial charge in [0.15, 0.2) is 11.5 Å². The van der Waals surface area contributed by atoms with Gasteiger partial charge in [0.05, 0.1) is 32.0 Å². The number of sulfonamides is 1. The van der Waals surface area contributed by atoms with Crippen molar-refractivity contribution < 1.29 is 17.9 Å². The number of hydrogen-bond donors (Lipinski definition) is 2. The average molecular weight is 499 g/mol. The van der Waals surface area contributed by atoms with Gasteiger partial charge in [-0.15, -0.1) is 11.3 Å². The van der Waals surface area contributed by atoms with Gasteiger partial charge < -0.3 is 14.8 Å². The fourth-order valence-electron chi connectivity index (χ4n) is 3.56. The second-order valence-corrected chi connectivity index (χ2v) is 10.6. The maximum atomic E-state index is 11.5. The first kappa shape index (κ1) is 23.8. The van der Waals surface area contributed by atoms with Crippen molar-refractivity contribution in [3.8, 4) is 21.9 Å². The molecule has 8 nitrogen and oxygen atoms in total. The largest absolute Gasteiger partial charge is 0.493 e. The van der Waals surface area contributed by atoms with Crippen molar-refractivity contribution in [3.63, 3.8) is 0 Å². The van der Waals surface area contributed by atoms with Crippen LogP contribution < -0.4 is 19.5 Å². The van der Waals surface area contributed by atoms with Gasteiger partial charge in [0.2, 0.25) is 10.0 Å². The minimum atomic E-state index is -3.33. The number of thiophene rings is 1. The second kappa shape index (κ2) is 9.86. The highest BCUT2D eigenvalue weighted by Gasteiger charge is 2.13. The predicted molar refractivity (Wildman–Crippen MR) is 138 cm³/mol. The number of fused-ring (bicyclic) bond motifs is 1. The number of rotatable bonds is 9. The molecule has 0 aliphatic carbocycles. The molecule has 2 heterocycles. The first-order chi connectivity index (χ1) is 16.3. The summed E-state index contributed by atoms with van der Waals surface area (Å²) in [6.45, 7) is 4.89. The van der Waals surface area contributed by atoms with E-state index in [0.29, 0.717) is 36.2 Å². The Kier molecular flexibility index (Phi) is 6.90. The minimum absolute atomic E-state index is 0.533. The Morgan fingerprint density at radius 1 is 1.06 bits per heavy atom. The van der Waals surface area contributed by atoms with E-state index >= 15 is 0 Å². The van der Waals surface area contributed by atoms with Crippen LogP contribution in [0.25, 0.3) is 21.3 Å². The van der Waals surface area contributed by atoms with E-state index in [-0.39, 0.29) is 0 Å². The van der Waals surface area contributed by atoms with Crippen LogP contribution in [0.1, 0.15) is 17.6 Å². The molecule has 0 aliphatic heterocycles. The molecular formula is C24H26N4O4S2. The highest BCUT2D eigenvalue weighted by Crippen LogP contribution is 2.35. The van der Waals surface area contributed by atoms with E-state index in [9.17, 15) is 8.42 Å². The Labute approximate surface area is 203 Å². The van der Waals surface area contributed by atoms with Crippen molar-refractivity contribution in [2.24, 2.45) is 0 Å². The summed E-state index contributed by atoms with van der Waals surface area (Å²) in [4.78, 5) is 11.3. The zero-order valence-electron chi connectivity index (χ0n) is 19.4. The summed E-state index contributed by atoms with van der Waals surface area (Å²) in [5.41, 5.74) is 2.26. The average Bonchev–Trinajstić information content (AvgIpc) is 3.25. The third-order valence-corrected chi connectivity index (χ3v) is 6.68. The van der Waals surface area contributed by atoms with E-state index in [1.807, 2.05) is 56.3 Å². The van der Waals surface area contributed by atoms with Crippen LogP contribution in [0.5, 0.6) is 11.5 Å². The molecule has 0 saturated carbocycles. The Morgan fingerprint density at radius 2 is 1.88 bits per heavy atom. The number of ether oxygens (including phenoxy) is 2. The number of aromatic nitrogens is 2. The van der Waals surface area contributed by atoms with Gasteiger partial charge in [-0.2, -0.15) is 0 Å². The van der Waals surface area contributed by atoms with Gasteiger partial charge in [0.1, 0.15) is 11.6 Å². The van der Waals surface area contributed by atoms with E-state index in [1.165, 1.54) is 0 Å². The lowest BCUT2D eigenvalue weighted by molar-refractivity contribution is 0.311. The molecule has 0 saturated heterocycles. The van der Waals surface area contributed by atoms with E-state index in [4.69, 9.17) is 9.47 Å². The molecule has 2 N–H and O–H groups in total. The van der Waals surface area contributed by atoms with Crippen molar-refractivity contribution in [1.82, 2.24) is 9.97 Å². The van der Waals surface area contributed by atoms with Crippen molar-refractivity contribution in [2.75, 3.05) is 30.0 Å². The van der Waals surface area contributed by atoms with Gasteiger partial charge in [-0.05, 0) is 49.7 Å². The van der Waals surface area contributed by atoms with Gasteiger partial charge in [-0.25, -0.2) is 18.4 Å². The predicted octanol–water partition coefficient (Wildman–Crippen LogP) is 5.06. The molecular weight excluding hydrogens is 472 g/mol. The Bertz CT molecular complexity index is 1430. The standard InChI is InChI=1S/C24H26N4O4S2/c1-5-32-22-13-20-19(12-21(22)31-3)24(27-15(2)26-20)25-14-18-9-10-23(33-18)16-7-6-8-17(11-16)28-34(4,29)30/h6-13,28H,5,14H2,1-4H3,(H,25,26,27). The summed E-state index contributed by atoms with van der Waals surface area (Å²) in [6, 6.07) is 15.2. The molecule has 2 aromatic carbocycles. The van der Waals surface area contributed by atoms with Gasteiger partial charge in [-0.1, -0.05) is 12.1 Å². The Hall–Kier alpha value is -3.37. The highest BCUT2D eigenvalue weighted by molar-refractivity contribution is 7.92. The highest BCUT2D eigenvalue weighted by atomic mass is 32.2. The van der Waals surface area contributed by atoms with Crippen LogP contribution in [0.2, 0.25) is 0 Å².